The largest absolute Gasteiger partial charge is 0.0924 e. The van der Waals surface area contributed by atoms with Gasteiger partial charge in [-0.15, -0.1) is 0 Å². The van der Waals surface area contributed by atoms with Gasteiger partial charge in [-0.25, -0.2) is 0 Å². The molecule has 0 heterocycles. The van der Waals surface area contributed by atoms with Gasteiger partial charge in [-0.3, -0.25) is 0 Å². The first-order valence-corrected chi connectivity index (χ1v) is 14.3. The highest BCUT2D eigenvalue weighted by molar-refractivity contribution is 6.21. The molecule has 0 saturated heterocycles. The Balaban J connectivity index is 4.33. The third kappa shape index (κ3) is 16.9. The highest BCUT2D eigenvalue weighted by Gasteiger charge is 2.18. The number of unbranched alkanes of at least 4 members (excludes halogenated alkanes) is 14. The van der Waals surface area contributed by atoms with Gasteiger partial charge in [0, 0.05) is 10.2 Å². The van der Waals surface area contributed by atoms with Gasteiger partial charge in [0.05, 0.1) is 0 Å². The molecule has 28 heavy (non-hydrogen) atoms. The van der Waals surface area contributed by atoms with Crippen molar-refractivity contribution in [1.29, 1.82) is 0 Å². The molecule has 0 fully saturated rings. The second-order valence-corrected chi connectivity index (χ2v) is 10.6. The molecule has 0 aromatic carbocycles. The van der Waals surface area contributed by atoms with Gasteiger partial charge in [0.2, 0.25) is 0 Å². The summed E-state index contributed by atoms with van der Waals surface area (Å²) in [4.78, 5) is 0. The molecule has 2 unspecified atom stereocenters. The molecule has 2 atom stereocenters. The Labute approximate surface area is 183 Å². The Hall–Kier alpha value is -0.0431. The van der Waals surface area contributed by atoms with Gasteiger partial charge in [0.1, 0.15) is 0 Å². The monoisotopic (exact) mass is 408 g/mol. The summed E-state index contributed by atoms with van der Waals surface area (Å²) in [7, 11) is 1.28. The lowest BCUT2D eigenvalue weighted by Gasteiger charge is -2.26. The topological polar surface area (TPSA) is 0 Å². The Morgan fingerprint density at radius 3 is 1.57 bits per heavy atom. The van der Waals surface area contributed by atoms with Crippen molar-refractivity contribution < 1.29 is 0 Å². The lowest BCUT2D eigenvalue weighted by molar-refractivity contribution is 0.347. The van der Waals surface area contributed by atoms with E-state index in [1.54, 1.807) is 0 Å². The number of allylic oxidation sites excluding steroid dienone is 2. The number of hydrogen-bond donors (Lipinski definition) is 0. The van der Waals surface area contributed by atoms with Crippen molar-refractivity contribution >= 4 is 10.2 Å². The summed E-state index contributed by atoms with van der Waals surface area (Å²) in [5.74, 6) is 1.81. The van der Waals surface area contributed by atoms with E-state index in [1.807, 2.05) is 5.20 Å². The zero-order valence-corrected chi connectivity index (χ0v) is 22.7. The summed E-state index contributed by atoms with van der Waals surface area (Å²) in [6.45, 7) is 9.52. The molecule has 0 aliphatic heterocycles. The molecule has 0 nitrogen and oxygen atoms in total. The van der Waals surface area contributed by atoms with E-state index in [9.17, 15) is 0 Å². The van der Waals surface area contributed by atoms with Gasteiger partial charge in [-0.1, -0.05) is 142 Å². The molecule has 0 aliphatic carbocycles. The van der Waals surface area contributed by atoms with Crippen LogP contribution in [0.5, 0.6) is 0 Å². The van der Waals surface area contributed by atoms with Gasteiger partial charge in [-0.2, -0.15) is 0 Å². The molecule has 0 aromatic heterocycles. The maximum absolute atomic E-state index is 2.67. The third-order valence-corrected chi connectivity index (χ3v) is 7.83. The molecule has 0 saturated carbocycles. The average molecular weight is 409 g/mol. The molecule has 168 valence electrons. The van der Waals surface area contributed by atoms with Crippen LogP contribution in [0.15, 0.2) is 11.3 Å². The summed E-state index contributed by atoms with van der Waals surface area (Å²) >= 11 is 0. The maximum Gasteiger partial charge on any atom is 0.0332 e. The minimum absolute atomic E-state index is 0.902. The van der Waals surface area contributed by atoms with Crippen molar-refractivity contribution in [3.8, 4) is 0 Å². The first kappa shape index (κ1) is 28.0. The molecule has 0 amide bonds. The van der Waals surface area contributed by atoms with Crippen molar-refractivity contribution in [1.82, 2.24) is 0 Å². The smallest absolute Gasteiger partial charge is 0.0332 e. The van der Waals surface area contributed by atoms with Gasteiger partial charge in [0.15, 0.2) is 0 Å². The third-order valence-electron chi connectivity index (χ3n) is 6.68. The van der Waals surface area contributed by atoms with Crippen LogP contribution in [0.25, 0.3) is 0 Å². The molecular formula is C27H56Si. The van der Waals surface area contributed by atoms with Crippen LogP contribution in [0.1, 0.15) is 150 Å². The highest BCUT2D eigenvalue weighted by Crippen LogP contribution is 2.30. The molecule has 0 N–H and O–H groups in total. The first-order valence-electron chi connectivity index (χ1n) is 13.3. The van der Waals surface area contributed by atoms with Gasteiger partial charge in [-0.05, 0) is 31.1 Å². The van der Waals surface area contributed by atoms with Crippen molar-refractivity contribution in [2.45, 2.75) is 150 Å². The summed E-state index contributed by atoms with van der Waals surface area (Å²) < 4.78 is 0. The quantitative estimate of drug-likeness (QED) is 0.131. The minimum atomic E-state index is 0.902. The lowest BCUT2D eigenvalue weighted by Crippen LogP contribution is -2.15. The van der Waals surface area contributed by atoms with E-state index in [1.165, 1.54) is 132 Å². The second-order valence-electron chi connectivity index (χ2n) is 9.49. The Kier molecular flexibility index (Phi) is 21.6. The van der Waals surface area contributed by atoms with E-state index < -0.39 is 0 Å². The van der Waals surface area contributed by atoms with Crippen LogP contribution in [0.3, 0.4) is 0 Å². The van der Waals surface area contributed by atoms with Crippen LogP contribution in [0, 0.1) is 11.8 Å². The van der Waals surface area contributed by atoms with Crippen LogP contribution in [0.4, 0.5) is 0 Å². The summed E-state index contributed by atoms with van der Waals surface area (Å²) in [5.41, 5.74) is 0. The molecule has 0 aromatic rings. The maximum atomic E-state index is 2.67. The van der Waals surface area contributed by atoms with E-state index >= 15 is 0 Å². The first-order chi connectivity index (χ1) is 13.7. The van der Waals surface area contributed by atoms with Crippen LogP contribution in [-0.4, -0.2) is 10.2 Å². The molecule has 0 bridgehead atoms. The van der Waals surface area contributed by atoms with Gasteiger partial charge < -0.3 is 0 Å². The van der Waals surface area contributed by atoms with Crippen LogP contribution < -0.4 is 0 Å². The fourth-order valence-electron chi connectivity index (χ4n) is 4.61. The van der Waals surface area contributed by atoms with Crippen molar-refractivity contribution in [2.24, 2.45) is 11.8 Å². The van der Waals surface area contributed by atoms with E-state index in [0.29, 0.717) is 0 Å². The molecule has 0 radical (unpaired) electrons. The Morgan fingerprint density at radius 2 is 1.04 bits per heavy atom. The van der Waals surface area contributed by atoms with E-state index in [2.05, 4.69) is 33.8 Å². The standard InChI is InChI=1S/C27H56Si/c1-5-8-11-14-15-18-19-22-25(4)26(23-20-16-12-9-6-2)27(28)24-21-17-13-10-7-3/h24-26H,5-23H2,1-4,28H3. The fraction of sp³-hybridized carbons (Fsp3) is 0.926. The van der Waals surface area contributed by atoms with Crippen LogP contribution in [0.2, 0.25) is 0 Å². The van der Waals surface area contributed by atoms with Crippen LogP contribution >= 0.6 is 0 Å². The zero-order valence-electron chi connectivity index (χ0n) is 20.7. The Bertz CT molecular complexity index is 333. The average Bonchev–Trinajstić information content (AvgIpc) is 2.69. The van der Waals surface area contributed by atoms with Crippen LogP contribution in [-0.2, 0) is 0 Å². The SMILES string of the molecule is CCCCCCC=C([SiH3])C(CCCCCCC)C(C)CCCCCCCCC. The van der Waals surface area contributed by atoms with Crippen molar-refractivity contribution in [2.75, 3.05) is 0 Å². The van der Waals surface area contributed by atoms with E-state index in [0.717, 1.165) is 11.8 Å². The lowest BCUT2D eigenvalue weighted by atomic mass is 9.84. The summed E-state index contributed by atoms with van der Waals surface area (Å²) in [6, 6.07) is 0. The van der Waals surface area contributed by atoms with Crippen molar-refractivity contribution in [3.63, 3.8) is 0 Å². The van der Waals surface area contributed by atoms with Gasteiger partial charge >= 0.3 is 0 Å². The molecule has 0 rings (SSSR count). The molecule has 0 aliphatic rings. The highest BCUT2D eigenvalue weighted by atomic mass is 28.1. The Morgan fingerprint density at radius 1 is 0.607 bits per heavy atom. The fourth-order valence-corrected chi connectivity index (χ4v) is 5.75. The molecular weight excluding hydrogens is 352 g/mol. The summed E-state index contributed by atoms with van der Waals surface area (Å²) in [5, 5.41) is 1.85. The number of hydrogen-bond acceptors (Lipinski definition) is 0. The van der Waals surface area contributed by atoms with Gasteiger partial charge in [0.25, 0.3) is 0 Å². The second kappa shape index (κ2) is 21.7. The normalized spacial score (nSPS) is 14.5. The predicted octanol–water partition coefficient (Wildman–Crippen LogP) is 8.96. The summed E-state index contributed by atoms with van der Waals surface area (Å²) in [6.07, 6.45) is 29.8. The molecule has 1 heteroatoms. The van der Waals surface area contributed by atoms with E-state index in [-0.39, 0.29) is 0 Å². The predicted molar refractivity (Wildman–Crippen MR) is 135 cm³/mol. The van der Waals surface area contributed by atoms with E-state index in [4.69, 9.17) is 0 Å². The number of rotatable bonds is 21. The zero-order chi connectivity index (χ0) is 20.9. The van der Waals surface area contributed by atoms with Crippen molar-refractivity contribution in [3.05, 3.63) is 11.3 Å². The minimum Gasteiger partial charge on any atom is -0.0924 e. The molecule has 0 spiro atoms.